The Balaban J connectivity index is 0.000001000. The van der Waals surface area contributed by atoms with Crippen LogP contribution in [0.5, 0.6) is 0 Å². The van der Waals surface area contributed by atoms with Gasteiger partial charge in [-0.25, -0.2) is 0 Å². The molecule has 1 fully saturated rings. The Bertz CT molecular complexity index is 117. The predicted molar refractivity (Wildman–Crippen MR) is 41.6 cm³/mol. The van der Waals surface area contributed by atoms with Crippen molar-refractivity contribution in [1.29, 1.82) is 0 Å². The van der Waals surface area contributed by atoms with Crippen LogP contribution in [0.15, 0.2) is 0 Å². The smallest absolute Gasteiger partial charge is 0.193 e. The molecular formula is C8H18ClNO. The van der Waals surface area contributed by atoms with Crippen LogP contribution in [0, 0.1) is 0 Å². The lowest BCUT2D eigenvalue weighted by Gasteiger charge is -2.30. The fourth-order valence-corrected chi connectivity index (χ4v) is 1.64. The van der Waals surface area contributed by atoms with E-state index in [2.05, 4.69) is 21.0 Å². The van der Waals surface area contributed by atoms with Crippen molar-refractivity contribution in [2.45, 2.75) is 26.0 Å². The second-order valence-corrected chi connectivity index (χ2v) is 3.55. The van der Waals surface area contributed by atoms with Crippen LogP contribution in [0.25, 0.3) is 0 Å². The van der Waals surface area contributed by atoms with E-state index in [1.165, 1.54) is 19.4 Å². The van der Waals surface area contributed by atoms with Crippen molar-refractivity contribution in [2.75, 3.05) is 27.2 Å². The summed E-state index contributed by atoms with van der Waals surface area (Å²) in [5.74, 6) is 0. The summed E-state index contributed by atoms with van der Waals surface area (Å²) < 4.78 is 6.64. The molecule has 3 heteroatoms. The zero-order valence-electron chi connectivity index (χ0n) is 7.64. The van der Waals surface area contributed by atoms with Crippen molar-refractivity contribution in [3.63, 3.8) is 0 Å². The van der Waals surface area contributed by atoms with Gasteiger partial charge in [0.2, 0.25) is 0 Å². The lowest BCUT2D eigenvalue weighted by molar-refractivity contribution is -0.924. The highest BCUT2D eigenvalue weighted by Crippen LogP contribution is 2.22. The fraction of sp³-hybridized carbons (Fsp3) is 1.00. The number of hydrogen-bond acceptors (Lipinski definition) is 1. The molecule has 0 aromatic rings. The molecule has 2 nitrogen and oxygen atoms in total. The first-order valence-electron chi connectivity index (χ1n) is 4.11. The van der Waals surface area contributed by atoms with Gasteiger partial charge in [-0.05, 0) is 6.92 Å². The topological polar surface area (TPSA) is 9.23 Å². The summed E-state index contributed by atoms with van der Waals surface area (Å²) >= 11 is 0. The lowest BCUT2D eigenvalue weighted by Crippen LogP contribution is -3.00. The van der Waals surface area contributed by atoms with E-state index in [4.69, 9.17) is 4.74 Å². The van der Waals surface area contributed by atoms with Gasteiger partial charge in [0.05, 0.1) is 27.2 Å². The van der Waals surface area contributed by atoms with Gasteiger partial charge in [-0.2, -0.15) is 0 Å². The minimum atomic E-state index is 0. The van der Waals surface area contributed by atoms with Crippen LogP contribution in [-0.4, -0.2) is 38.0 Å². The third-order valence-corrected chi connectivity index (χ3v) is 2.32. The molecule has 1 aliphatic rings. The zero-order chi connectivity index (χ0) is 7.61. The van der Waals surface area contributed by atoms with Crippen LogP contribution >= 0.6 is 0 Å². The molecule has 0 aromatic carbocycles. The van der Waals surface area contributed by atoms with E-state index in [0.29, 0.717) is 6.23 Å². The van der Waals surface area contributed by atoms with Gasteiger partial charge in [0.1, 0.15) is 0 Å². The molecule has 0 spiro atoms. The Kier molecular flexibility index (Phi) is 4.37. The summed E-state index contributed by atoms with van der Waals surface area (Å²) in [7, 11) is 4.49. The molecule has 0 bridgehead atoms. The Labute approximate surface area is 75.5 Å². The number of nitrogens with zero attached hydrogens (tertiary/aromatic N) is 1. The molecule has 0 amide bonds. The molecule has 0 saturated carbocycles. The summed E-state index contributed by atoms with van der Waals surface area (Å²) in [6.45, 7) is 4.19. The first-order valence-corrected chi connectivity index (χ1v) is 4.11. The summed E-state index contributed by atoms with van der Waals surface area (Å²) in [6, 6.07) is 0. The van der Waals surface area contributed by atoms with Crippen molar-refractivity contribution in [2.24, 2.45) is 0 Å². The van der Waals surface area contributed by atoms with E-state index in [1.807, 2.05) is 0 Å². The van der Waals surface area contributed by atoms with Gasteiger partial charge in [-0.1, -0.05) is 0 Å². The number of hydrogen-bond donors (Lipinski definition) is 0. The Morgan fingerprint density at radius 2 is 2.09 bits per heavy atom. The average Bonchev–Trinajstić information content (AvgIpc) is 2.13. The second kappa shape index (κ2) is 4.29. The van der Waals surface area contributed by atoms with Crippen molar-refractivity contribution >= 4 is 0 Å². The first-order chi connectivity index (χ1) is 4.67. The lowest BCUT2D eigenvalue weighted by atomic mass is 10.4. The molecule has 1 saturated heterocycles. The van der Waals surface area contributed by atoms with Gasteiger partial charge in [-0.15, -0.1) is 0 Å². The van der Waals surface area contributed by atoms with E-state index in [0.717, 1.165) is 11.1 Å². The third-order valence-electron chi connectivity index (χ3n) is 2.32. The first kappa shape index (κ1) is 11.2. The Morgan fingerprint density at radius 1 is 1.45 bits per heavy atom. The van der Waals surface area contributed by atoms with Crippen LogP contribution in [0.3, 0.4) is 0 Å². The summed E-state index contributed by atoms with van der Waals surface area (Å²) in [5, 5.41) is 0. The standard InChI is InChI=1S/C8H18NO.ClH/c1-4-10-8-6-5-7-9(8,2)3;/h8H,4-7H2,1-3H3;1H/q+1;/p-1. The van der Waals surface area contributed by atoms with Crippen molar-refractivity contribution in [3.8, 4) is 0 Å². The normalized spacial score (nSPS) is 28.1. The number of rotatable bonds is 2. The predicted octanol–water partition coefficient (Wildman–Crippen LogP) is -1.78. The van der Waals surface area contributed by atoms with Crippen LogP contribution in [-0.2, 0) is 4.74 Å². The SMILES string of the molecule is CCOC1CCC[N+]1(C)C.[Cl-]. The van der Waals surface area contributed by atoms with Gasteiger partial charge < -0.3 is 21.6 Å². The second-order valence-electron chi connectivity index (χ2n) is 3.55. The zero-order valence-corrected chi connectivity index (χ0v) is 8.40. The molecule has 0 N–H and O–H groups in total. The van der Waals surface area contributed by atoms with Gasteiger partial charge in [0, 0.05) is 12.8 Å². The molecule has 1 aliphatic heterocycles. The molecule has 1 unspecified atom stereocenters. The van der Waals surface area contributed by atoms with E-state index in [-0.39, 0.29) is 12.4 Å². The van der Waals surface area contributed by atoms with Crippen LogP contribution < -0.4 is 12.4 Å². The van der Waals surface area contributed by atoms with Crippen molar-refractivity contribution < 1.29 is 21.6 Å². The number of quaternary nitrogens is 1. The molecule has 68 valence electrons. The molecule has 0 aromatic heterocycles. The highest BCUT2D eigenvalue weighted by atomic mass is 35.5. The Morgan fingerprint density at radius 3 is 2.45 bits per heavy atom. The van der Waals surface area contributed by atoms with Crippen LogP contribution in [0.1, 0.15) is 19.8 Å². The minimum absolute atomic E-state index is 0. The Hall–Kier alpha value is 0.210. The number of likely N-dealkylation sites (tertiary alicyclic amines) is 1. The summed E-state index contributed by atoms with van der Waals surface area (Å²) in [4.78, 5) is 0. The van der Waals surface area contributed by atoms with E-state index >= 15 is 0 Å². The van der Waals surface area contributed by atoms with Crippen molar-refractivity contribution in [3.05, 3.63) is 0 Å². The van der Waals surface area contributed by atoms with Gasteiger partial charge >= 0.3 is 0 Å². The van der Waals surface area contributed by atoms with Gasteiger partial charge in [-0.3, -0.25) is 0 Å². The molecule has 11 heavy (non-hydrogen) atoms. The number of ether oxygens (including phenoxy) is 1. The third kappa shape index (κ3) is 2.62. The van der Waals surface area contributed by atoms with E-state index in [1.54, 1.807) is 0 Å². The molecule has 0 aliphatic carbocycles. The average molecular weight is 180 g/mol. The highest BCUT2D eigenvalue weighted by Gasteiger charge is 2.34. The maximum absolute atomic E-state index is 5.59. The molecule has 1 rings (SSSR count). The largest absolute Gasteiger partial charge is 1.00 e. The quantitative estimate of drug-likeness (QED) is 0.456. The fourth-order valence-electron chi connectivity index (χ4n) is 1.64. The highest BCUT2D eigenvalue weighted by molar-refractivity contribution is 4.55. The number of halogens is 1. The van der Waals surface area contributed by atoms with E-state index < -0.39 is 0 Å². The summed E-state index contributed by atoms with van der Waals surface area (Å²) in [5.41, 5.74) is 0. The molecule has 1 atom stereocenters. The van der Waals surface area contributed by atoms with Gasteiger partial charge in [0.15, 0.2) is 6.23 Å². The summed E-state index contributed by atoms with van der Waals surface area (Å²) in [6.07, 6.45) is 3.02. The van der Waals surface area contributed by atoms with Crippen LogP contribution in [0.4, 0.5) is 0 Å². The van der Waals surface area contributed by atoms with Crippen LogP contribution in [0.2, 0.25) is 0 Å². The van der Waals surface area contributed by atoms with Crippen molar-refractivity contribution in [1.82, 2.24) is 0 Å². The minimum Gasteiger partial charge on any atom is -1.00 e. The van der Waals surface area contributed by atoms with E-state index in [9.17, 15) is 0 Å². The maximum Gasteiger partial charge on any atom is 0.193 e. The molecular weight excluding hydrogens is 162 g/mol. The van der Waals surface area contributed by atoms with Gasteiger partial charge in [0.25, 0.3) is 0 Å². The molecule has 1 heterocycles. The maximum atomic E-state index is 5.59. The molecule has 0 radical (unpaired) electrons. The monoisotopic (exact) mass is 179 g/mol.